The number of fused-ring (bicyclic) bond motifs is 1. The summed E-state index contributed by atoms with van der Waals surface area (Å²) < 4.78 is 40.5. The van der Waals surface area contributed by atoms with Crippen molar-refractivity contribution >= 4 is 17.7 Å². The number of hydrogen-bond donors (Lipinski definition) is 1. The molecule has 5 rings (SSSR count). The number of piperidine rings is 1. The van der Waals surface area contributed by atoms with Crippen molar-refractivity contribution in [2.24, 2.45) is 0 Å². The van der Waals surface area contributed by atoms with E-state index in [1.807, 2.05) is 0 Å². The Labute approximate surface area is 192 Å². The summed E-state index contributed by atoms with van der Waals surface area (Å²) in [6.07, 6.45) is -4.04. The second-order valence-corrected chi connectivity index (χ2v) is 8.33. The van der Waals surface area contributed by atoms with Gasteiger partial charge in [-0.2, -0.15) is 18.3 Å². The average molecular weight is 468 g/mol. The SMILES string of the molecule is O=C1CCC(N2Cc3cc(-c4cc(-c5ccccc5)n(CC(F)(F)F)n4)ccc3C2=O)C(=O)N1. The van der Waals surface area contributed by atoms with Gasteiger partial charge in [-0.3, -0.25) is 24.4 Å². The summed E-state index contributed by atoms with van der Waals surface area (Å²) in [5.74, 6) is -1.18. The molecular weight excluding hydrogens is 449 g/mol. The Morgan fingerprint density at radius 2 is 1.76 bits per heavy atom. The first kappa shape index (κ1) is 21.9. The summed E-state index contributed by atoms with van der Waals surface area (Å²) in [5, 5.41) is 6.47. The first-order valence-corrected chi connectivity index (χ1v) is 10.7. The molecule has 2 aliphatic rings. The number of alkyl halides is 3. The van der Waals surface area contributed by atoms with Crippen molar-refractivity contribution < 1.29 is 27.6 Å². The summed E-state index contributed by atoms with van der Waals surface area (Å²) in [7, 11) is 0. The zero-order valence-electron chi connectivity index (χ0n) is 17.8. The van der Waals surface area contributed by atoms with Gasteiger partial charge in [0, 0.05) is 24.1 Å². The molecule has 3 aromatic rings. The molecule has 0 radical (unpaired) electrons. The Morgan fingerprint density at radius 3 is 2.47 bits per heavy atom. The van der Waals surface area contributed by atoms with Crippen molar-refractivity contribution in [3.05, 3.63) is 65.7 Å². The zero-order chi connectivity index (χ0) is 24.0. The summed E-state index contributed by atoms with van der Waals surface area (Å²) in [5.41, 5.74) is 2.92. The Morgan fingerprint density at radius 1 is 1.00 bits per heavy atom. The third-order valence-corrected chi connectivity index (χ3v) is 6.00. The van der Waals surface area contributed by atoms with Gasteiger partial charge in [-0.25, -0.2) is 0 Å². The molecule has 1 N–H and O–H groups in total. The minimum Gasteiger partial charge on any atom is -0.322 e. The maximum Gasteiger partial charge on any atom is 0.408 e. The molecule has 1 atom stereocenters. The topological polar surface area (TPSA) is 84.3 Å². The maximum absolute atomic E-state index is 13.2. The van der Waals surface area contributed by atoms with Gasteiger partial charge in [0.1, 0.15) is 12.6 Å². The Bertz CT molecular complexity index is 1300. The van der Waals surface area contributed by atoms with E-state index in [1.54, 1.807) is 54.6 Å². The molecule has 2 aromatic carbocycles. The molecule has 7 nitrogen and oxygen atoms in total. The van der Waals surface area contributed by atoms with E-state index < -0.39 is 24.7 Å². The van der Waals surface area contributed by atoms with Gasteiger partial charge in [0.15, 0.2) is 0 Å². The highest BCUT2D eigenvalue weighted by Crippen LogP contribution is 2.33. The number of benzene rings is 2. The van der Waals surface area contributed by atoms with Crippen molar-refractivity contribution in [3.8, 4) is 22.5 Å². The monoisotopic (exact) mass is 468 g/mol. The molecule has 1 fully saturated rings. The second-order valence-electron chi connectivity index (χ2n) is 8.33. The van der Waals surface area contributed by atoms with Crippen LogP contribution in [0.1, 0.15) is 28.8 Å². The molecule has 174 valence electrons. The molecule has 0 bridgehead atoms. The van der Waals surface area contributed by atoms with Crippen LogP contribution in [-0.2, 0) is 22.7 Å². The maximum atomic E-state index is 13.2. The van der Waals surface area contributed by atoms with E-state index in [2.05, 4.69) is 10.4 Å². The van der Waals surface area contributed by atoms with Crippen LogP contribution in [0.5, 0.6) is 0 Å². The fourth-order valence-corrected chi connectivity index (χ4v) is 4.42. The summed E-state index contributed by atoms with van der Waals surface area (Å²) in [6, 6.07) is 14.5. The molecule has 34 heavy (non-hydrogen) atoms. The van der Waals surface area contributed by atoms with E-state index in [4.69, 9.17) is 0 Å². The standard InChI is InChI=1S/C24H19F3N4O3/c25-24(26,27)13-31-20(14-4-2-1-3-5-14)11-18(29-31)15-6-7-17-16(10-15)12-30(23(17)34)19-8-9-21(32)28-22(19)33/h1-7,10-11,19H,8-9,12-13H2,(H,28,32,33). The predicted octanol–water partition coefficient (Wildman–Crippen LogP) is 3.54. The van der Waals surface area contributed by atoms with E-state index >= 15 is 0 Å². The van der Waals surface area contributed by atoms with E-state index in [9.17, 15) is 27.6 Å². The minimum atomic E-state index is -4.44. The molecule has 3 amide bonds. The van der Waals surface area contributed by atoms with Crippen molar-refractivity contribution in [2.75, 3.05) is 0 Å². The number of imide groups is 1. The van der Waals surface area contributed by atoms with Gasteiger partial charge >= 0.3 is 6.18 Å². The van der Waals surface area contributed by atoms with Crippen LogP contribution in [0.3, 0.4) is 0 Å². The number of carbonyl (C=O) groups excluding carboxylic acids is 3. The van der Waals surface area contributed by atoms with Crippen molar-refractivity contribution in [1.82, 2.24) is 20.0 Å². The Kier molecular flexibility index (Phi) is 5.22. The van der Waals surface area contributed by atoms with Crippen molar-refractivity contribution in [2.45, 2.75) is 38.1 Å². The number of nitrogens with one attached hydrogen (secondary N) is 1. The number of rotatable bonds is 4. The van der Waals surface area contributed by atoms with Gasteiger partial charge in [-0.15, -0.1) is 0 Å². The summed E-state index contributed by atoms with van der Waals surface area (Å²) in [4.78, 5) is 38.0. The number of carbonyl (C=O) groups is 3. The molecule has 1 aromatic heterocycles. The van der Waals surface area contributed by atoms with Gasteiger partial charge in [0.2, 0.25) is 11.8 Å². The molecule has 0 spiro atoms. The fourth-order valence-electron chi connectivity index (χ4n) is 4.42. The van der Waals surface area contributed by atoms with Crippen molar-refractivity contribution in [3.63, 3.8) is 0 Å². The number of aromatic nitrogens is 2. The van der Waals surface area contributed by atoms with Gasteiger partial charge in [-0.05, 0) is 35.7 Å². The highest BCUT2D eigenvalue weighted by Gasteiger charge is 2.39. The van der Waals surface area contributed by atoms with Crippen LogP contribution in [0.25, 0.3) is 22.5 Å². The Hall–Kier alpha value is -3.95. The van der Waals surface area contributed by atoms with Crippen LogP contribution in [0.4, 0.5) is 13.2 Å². The van der Waals surface area contributed by atoms with Gasteiger partial charge in [0.25, 0.3) is 5.91 Å². The average Bonchev–Trinajstić information content (AvgIpc) is 3.34. The Balaban J connectivity index is 1.47. The molecule has 3 heterocycles. The van der Waals surface area contributed by atoms with Gasteiger partial charge in [-0.1, -0.05) is 36.4 Å². The van der Waals surface area contributed by atoms with Crippen LogP contribution in [0.15, 0.2) is 54.6 Å². The van der Waals surface area contributed by atoms with Crippen LogP contribution < -0.4 is 5.32 Å². The van der Waals surface area contributed by atoms with Crippen LogP contribution in [0.2, 0.25) is 0 Å². The largest absolute Gasteiger partial charge is 0.408 e. The highest BCUT2D eigenvalue weighted by atomic mass is 19.4. The number of amides is 3. The lowest BCUT2D eigenvalue weighted by Gasteiger charge is -2.29. The third-order valence-electron chi connectivity index (χ3n) is 6.00. The lowest BCUT2D eigenvalue weighted by molar-refractivity contribution is -0.142. The first-order chi connectivity index (χ1) is 16.2. The normalized spacial score (nSPS) is 18.3. The van der Waals surface area contributed by atoms with Gasteiger partial charge in [0.05, 0.1) is 11.4 Å². The lowest BCUT2D eigenvalue weighted by atomic mass is 10.0. The smallest absolute Gasteiger partial charge is 0.322 e. The number of hydrogen-bond acceptors (Lipinski definition) is 4. The molecule has 0 aliphatic carbocycles. The molecule has 10 heteroatoms. The second kappa shape index (κ2) is 8.12. The number of nitrogens with zero attached hydrogens (tertiary/aromatic N) is 3. The summed E-state index contributed by atoms with van der Waals surface area (Å²) in [6.45, 7) is -1.06. The van der Waals surface area contributed by atoms with Crippen LogP contribution in [-0.4, -0.2) is 44.6 Å². The lowest BCUT2D eigenvalue weighted by Crippen LogP contribution is -2.52. The third kappa shape index (κ3) is 4.07. The summed E-state index contributed by atoms with van der Waals surface area (Å²) >= 11 is 0. The number of halogens is 3. The molecule has 1 unspecified atom stereocenters. The van der Waals surface area contributed by atoms with Crippen molar-refractivity contribution in [1.29, 1.82) is 0 Å². The molecular formula is C24H19F3N4O3. The first-order valence-electron chi connectivity index (χ1n) is 10.7. The zero-order valence-corrected chi connectivity index (χ0v) is 17.8. The fraction of sp³-hybridized carbons (Fsp3) is 0.250. The van der Waals surface area contributed by atoms with Crippen LogP contribution >= 0.6 is 0 Å². The molecule has 2 aliphatic heterocycles. The van der Waals surface area contributed by atoms with E-state index in [0.29, 0.717) is 33.6 Å². The van der Waals surface area contributed by atoms with E-state index in [0.717, 1.165) is 4.68 Å². The minimum absolute atomic E-state index is 0.153. The molecule has 0 saturated carbocycles. The predicted molar refractivity (Wildman–Crippen MR) is 115 cm³/mol. The quantitative estimate of drug-likeness (QED) is 0.594. The highest BCUT2D eigenvalue weighted by molar-refractivity contribution is 6.05. The van der Waals surface area contributed by atoms with E-state index in [1.165, 1.54) is 4.90 Å². The van der Waals surface area contributed by atoms with Crippen LogP contribution in [0, 0.1) is 0 Å². The molecule has 1 saturated heterocycles. The van der Waals surface area contributed by atoms with E-state index in [-0.39, 0.29) is 31.2 Å². The van der Waals surface area contributed by atoms with Gasteiger partial charge < -0.3 is 4.90 Å².